The molecule has 0 unspecified atom stereocenters. The summed E-state index contributed by atoms with van der Waals surface area (Å²) in [5.41, 5.74) is 4.18. The third-order valence-electron chi connectivity index (χ3n) is 7.21. The number of aromatic hydroxyl groups is 1. The zero-order valence-corrected chi connectivity index (χ0v) is 20.7. The highest BCUT2D eigenvalue weighted by molar-refractivity contribution is 7.17. The second-order valence-corrected chi connectivity index (χ2v) is 10.5. The minimum Gasteiger partial charge on any atom is -0.506 e. The fourth-order valence-electron chi connectivity index (χ4n) is 5.36. The van der Waals surface area contributed by atoms with Crippen molar-refractivity contribution in [1.29, 1.82) is 0 Å². The number of hydrogen-bond donors (Lipinski definition) is 4. The van der Waals surface area contributed by atoms with Crippen LogP contribution in [0.15, 0.2) is 48.7 Å². The summed E-state index contributed by atoms with van der Waals surface area (Å²) < 4.78 is 0. The van der Waals surface area contributed by atoms with Crippen molar-refractivity contribution >= 4 is 34.0 Å². The number of carboxylic acids is 1. The van der Waals surface area contributed by atoms with Crippen molar-refractivity contribution in [3.8, 4) is 16.9 Å². The molecule has 1 saturated carbocycles. The van der Waals surface area contributed by atoms with E-state index >= 15 is 0 Å². The number of carbonyl (C=O) groups excluding carboxylic acids is 1. The lowest BCUT2D eigenvalue weighted by Gasteiger charge is -2.22. The molecule has 2 aromatic heterocycles. The quantitative estimate of drug-likeness (QED) is 0.205. The van der Waals surface area contributed by atoms with Gasteiger partial charge in [-0.2, -0.15) is 0 Å². The second kappa shape index (κ2) is 10.3. The van der Waals surface area contributed by atoms with Crippen LogP contribution in [0.5, 0.6) is 5.75 Å². The van der Waals surface area contributed by atoms with Gasteiger partial charge >= 0.3 is 5.97 Å². The molecule has 4 aromatic rings. The molecule has 2 heterocycles. The molecule has 36 heavy (non-hydrogen) atoms. The fourth-order valence-corrected chi connectivity index (χ4v) is 6.37. The molecule has 7 heteroatoms. The fraction of sp³-hybridized carbons (Fsp3) is 0.310. The number of carbonyl (C=O) groups is 2. The van der Waals surface area contributed by atoms with Crippen LogP contribution < -0.4 is 0 Å². The van der Waals surface area contributed by atoms with Gasteiger partial charge in [-0.05, 0) is 48.3 Å². The largest absolute Gasteiger partial charge is 0.506 e. The van der Waals surface area contributed by atoms with Gasteiger partial charge in [0.2, 0.25) is 5.78 Å². The van der Waals surface area contributed by atoms with Crippen molar-refractivity contribution in [3.05, 3.63) is 75.1 Å². The predicted molar refractivity (Wildman–Crippen MR) is 141 cm³/mol. The molecule has 1 aliphatic rings. The van der Waals surface area contributed by atoms with E-state index < -0.39 is 11.8 Å². The van der Waals surface area contributed by atoms with Crippen molar-refractivity contribution in [2.24, 2.45) is 0 Å². The number of aliphatic hydroxyl groups is 1. The van der Waals surface area contributed by atoms with Gasteiger partial charge in [-0.15, -0.1) is 11.3 Å². The van der Waals surface area contributed by atoms with Crippen molar-refractivity contribution < 1.29 is 24.9 Å². The highest BCUT2D eigenvalue weighted by atomic mass is 32.1. The van der Waals surface area contributed by atoms with Crippen LogP contribution in [-0.4, -0.2) is 38.7 Å². The zero-order valence-electron chi connectivity index (χ0n) is 19.9. The van der Waals surface area contributed by atoms with Crippen molar-refractivity contribution in [2.45, 2.75) is 50.9 Å². The molecule has 1 aliphatic carbocycles. The molecule has 6 nitrogen and oxygen atoms in total. The molecule has 5 rings (SSSR count). The zero-order chi connectivity index (χ0) is 25.2. The average molecular weight is 504 g/mol. The van der Waals surface area contributed by atoms with E-state index in [1.165, 1.54) is 24.8 Å². The molecule has 0 aliphatic heterocycles. The van der Waals surface area contributed by atoms with Crippen LogP contribution in [0.3, 0.4) is 0 Å². The van der Waals surface area contributed by atoms with Crippen LogP contribution in [0, 0.1) is 0 Å². The standard InChI is InChI=1S/C29H29NO5S/c31-15-5-9-20-8-4-10-21-22(16-30-24(20)21)25(32)28-26(33)23(27(36-28)29(34)35)19-13-11-18(12-14-19)17-6-2-1-3-7-17/h4,8,10-14,16-17,30-31,33H,1-3,5-7,9,15H2,(H,34,35). The first-order valence-corrected chi connectivity index (χ1v) is 13.2. The summed E-state index contributed by atoms with van der Waals surface area (Å²) in [4.78, 5) is 28.8. The van der Waals surface area contributed by atoms with E-state index in [-0.39, 0.29) is 27.7 Å². The molecule has 0 spiro atoms. The third-order valence-corrected chi connectivity index (χ3v) is 8.38. The first kappa shape index (κ1) is 24.3. The van der Waals surface area contributed by atoms with Gasteiger partial charge in [0.15, 0.2) is 0 Å². The van der Waals surface area contributed by atoms with Crippen LogP contribution in [-0.2, 0) is 6.42 Å². The summed E-state index contributed by atoms with van der Waals surface area (Å²) >= 11 is 0.808. The van der Waals surface area contributed by atoms with E-state index in [0.717, 1.165) is 35.3 Å². The monoisotopic (exact) mass is 503 g/mol. The number of H-pyrrole nitrogens is 1. The maximum Gasteiger partial charge on any atom is 0.346 e. The Kier molecular flexibility index (Phi) is 6.94. The number of aromatic nitrogens is 1. The maximum atomic E-state index is 13.5. The van der Waals surface area contributed by atoms with Crippen LogP contribution in [0.25, 0.3) is 22.0 Å². The number of para-hydroxylation sites is 1. The Labute approximate surface area is 213 Å². The van der Waals surface area contributed by atoms with Gasteiger partial charge in [-0.25, -0.2) is 4.79 Å². The van der Waals surface area contributed by atoms with Gasteiger partial charge in [-0.1, -0.05) is 61.7 Å². The van der Waals surface area contributed by atoms with Gasteiger partial charge in [-0.3, -0.25) is 4.79 Å². The molecular weight excluding hydrogens is 474 g/mol. The van der Waals surface area contributed by atoms with Gasteiger partial charge < -0.3 is 20.3 Å². The van der Waals surface area contributed by atoms with Gasteiger partial charge in [0.25, 0.3) is 0 Å². The number of aromatic carboxylic acids is 1. The molecule has 0 saturated heterocycles. The number of aliphatic hydroxyl groups excluding tert-OH is 1. The number of ketones is 1. The average Bonchev–Trinajstić information content (AvgIpc) is 3.49. The number of nitrogens with one attached hydrogen (secondary N) is 1. The Morgan fingerprint density at radius 3 is 2.44 bits per heavy atom. The summed E-state index contributed by atoms with van der Waals surface area (Å²) in [5, 5.41) is 30.9. The number of carboxylic acid groups (broad SMARTS) is 1. The van der Waals surface area contributed by atoms with Gasteiger partial charge in [0.1, 0.15) is 15.5 Å². The van der Waals surface area contributed by atoms with Crippen molar-refractivity contribution in [3.63, 3.8) is 0 Å². The summed E-state index contributed by atoms with van der Waals surface area (Å²) in [5.74, 6) is -1.37. The summed E-state index contributed by atoms with van der Waals surface area (Å²) in [7, 11) is 0. The Hall–Kier alpha value is -3.42. The van der Waals surface area contributed by atoms with Gasteiger partial charge in [0, 0.05) is 34.8 Å². The molecule has 0 bridgehead atoms. The molecule has 4 N–H and O–H groups in total. The van der Waals surface area contributed by atoms with Crippen LogP contribution >= 0.6 is 11.3 Å². The SMILES string of the molecule is O=C(O)c1sc(C(=O)c2c[nH]c3c(CCCO)cccc23)c(O)c1-c1ccc(C2CCCCC2)cc1. The molecular formula is C29H29NO5S. The second-order valence-electron chi connectivity index (χ2n) is 9.44. The van der Waals surface area contributed by atoms with E-state index in [9.17, 15) is 24.9 Å². The summed E-state index contributed by atoms with van der Waals surface area (Å²) in [6, 6.07) is 13.4. The number of thiophene rings is 1. The summed E-state index contributed by atoms with van der Waals surface area (Å²) in [6.45, 7) is 0.0777. The number of aryl methyl sites for hydroxylation is 1. The van der Waals surface area contributed by atoms with Crippen molar-refractivity contribution in [1.82, 2.24) is 4.98 Å². The Morgan fingerprint density at radius 2 is 1.75 bits per heavy atom. The normalized spacial score (nSPS) is 14.4. The van der Waals surface area contributed by atoms with Crippen molar-refractivity contribution in [2.75, 3.05) is 6.61 Å². The first-order valence-electron chi connectivity index (χ1n) is 12.4. The minimum absolute atomic E-state index is 0.0143. The topological polar surface area (TPSA) is 111 Å². The lowest BCUT2D eigenvalue weighted by molar-refractivity contribution is 0.0702. The molecule has 186 valence electrons. The van der Waals surface area contributed by atoms with E-state index in [4.69, 9.17) is 0 Å². The lowest BCUT2D eigenvalue weighted by atomic mass is 9.83. The maximum absolute atomic E-state index is 13.5. The Bertz CT molecular complexity index is 1410. The van der Waals surface area contributed by atoms with Crippen LogP contribution in [0.4, 0.5) is 0 Å². The van der Waals surface area contributed by atoms with Gasteiger partial charge in [0.05, 0.1) is 0 Å². The Morgan fingerprint density at radius 1 is 1.00 bits per heavy atom. The van der Waals surface area contributed by atoms with E-state index in [1.807, 2.05) is 42.5 Å². The first-order chi connectivity index (χ1) is 17.5. The minimum atomic E-state index is -1.18. The van der Waals surface area contributed by atoms with E-state index in [0.29, 0.717) is 35.3 Å². The van der Waals surface area contributed by atoms with Crippen LogP contribution in [0.2, 0.25) is 0 Å². The molecule has 0 atom stereocenters. The molecule has 2 aromatic carbocycles. The van der Waals surface area contributed by atoms with Crippen LogP contribution in [0.1, 0.15) is 80.5 Å². The number of rotatable bonds is 8. The molecule has 1 fully saturated rings. The smallest absolute Gasteiger partial charge is 0.346 e. The highest BCUT2D eigenvalue weighted by Gasteiger charge is 2.29. The number of benzene rings is 2. The van der Waals surface area contributed by atoms with E-state index in [1.54, 1.807) is 6.20 Å². The Balaban J connectivity index is 1.52. The third kappa shape index (κ3) is 4.45. The summed E-state index contributed by atoms with van der Waals surface area (Å²) in [6.07, 6.45) is 8.92. The van der Waals surface area contributed by atoms with E-state index in [2.05, 4.69) is 4.98 Å². The molecule has 0 amide bonds. The number of fused-ring (bicyclic) bond motifs is 1. The number of hydrogen-bond acceptors (Lipinski definition) is 5. The molecule has 0 radical (unpaired) electrons. The lowest BCUT2D eigenvalue weighted by Crippen LogP contribution is -2.04. The predicted octanol–water partition coefficient (Wildman–Crippen LogP) is 6.50. The highest BCUT2D eigenvalue weighted by Crippen LogP contribution is 2.44. The number of aromatic amines is 1.